The molecule has 1 aromatic rings. The zero-order valence-corrected chi connectivity index (χ0v) is 11.4. The zero-order chi connectivity index (χ0) is 13.7. The topological polar surface area (TPSA) is 77.5 Å². The molecule has 1 heterocycles. The molecule has 1 fully saturated rings. The molecule has 5 heteroatoms. The molecule has 2 atom stereocenters. The van der Waals surface area contributed by atoms with Gasteiger partial charge in [0.1, 0.15) is 12.4 Å². The predicted octanol–water partition coefficient (Wildman–Crippen LogP) is 2.37. The number of carbonyl (C=O) groups excluding carboxylic acids is 1. The average Bonchev–Trinajstić information content (AvgIpc) is 2.93. The van der Waals surface area contributed by atoms with Crippen molar-refractivity contribution in [3.05, 3.63) is 23.7 Å². The number of nitrogens with two attached hydrogens (primary N) is 1. The normalized spacial score (nSPS) is 23.3. The fraction of sp³-hybridized carbons (Fsp3) is 0.643. The molecule has 1 aliphatic rings. The number of furan rings is 1. The highest BCUT2D eigenvalue weighted by Gasteiger charge is 2.25. The third-order valence-corrected chi connectivity index (χ3v) is 3.91. The number of carbonyl (C=O) groups is 1. The number of rotatable bonds is 5. The molecule has 106 valence electrons. The van der Waals surface area contributed by atoms with Gasteiger partial charge in [0.25, 0.3) is 5.91 Å². The van der Waals surface area contributed by atoms with E-state index in [0.717, 1.165) is 12.8 Å². The molecule has 2 unspecified atom stereocenters. The third-order valence-electron chi connectivity index (χ3n) is 3.91. The lowest BCUT2D eigenvalue weighted by Crippen LogP contribution is -2.31. The molecule has 0 radical (unpaired) electrons. The molecule has 0 saturated heterocycles. The fourth-order valence-corrected chi connectivity index (χ4v) is 2.78. The molecule has 2 rings (SSSR count). The molecule has 1 saturated carbocycles. The summed E-state index contributed by atoms with van der Waals surface area (Å²) >= 11 is 0. The van der Waals surface area contributed by atoms with E-state index in [1.807, 2.05) is 0 Å². The Morgan fingerprint density at radius 3 is 3.05 bits per heavy atom. The van der Waals surface area contributed by atoms with Crippen molar-refractivity contribution >= 4 is 5.91 Å². The van der Waals surface area contributed by atoms with Crippen LogP contribution in [-0.2, 0) is 11.3 Å². The molecule has 0 spiro atoms. The number of nitrogens with one attached hydrogen (secondary N) is 1. The number of ether oxygens (including phenoxy) is 1. The Morgan fingerprint density at radius 1 is 1.53 bits per heavy atom. The molecule has 5 nitrogen and oxygen atoms in total. The minimum absolute atomic E-state index is 0.276. The summed E-state index contributed by atoms with van der Waals surface area (Å²) in [6.45, 7) is 2.53. The predicted molar refractivity (Wildman–Crippen MR) is 71.2 cm³/mol. The van der Waals surface area contributed by atoms with Gasteiger partial charge in [0, 0.05) is 0 Å². The monoisotopic (exact) mass is 266 g/mol. The first-order valence-corrected chi connectivity index (χ1v) is 6.95. The van der Waals surface area contributed by atoms with Crippen LogP contribution in [0.2, 0.25) is 0 Å². The van der Waals surface area contributed by atoms with Crippen LogP contribution < -0.4 is 11.3 Å². The summed E-state index contributed by atoms with van der Waals surface area (Å²) in [6, 6.07) is 1.61. The van der Waals surface area contributed by atoms with Crippen LogP contribution in [-0.4, -0.2) is 12.0 Å². The summed E-state index contributed by atoms with van der Waals surface area (Å²) in [7, 11) is 0. The Morgan fingerprint density at radius 2 is 2.32 bits per heavy atom. The van der Waals surface area contributed by atoms with Crippen molar-refractivity contribution in [2.75, 3.05) is 0 Å². The summed E-state index contributed by atoms with van der Waals surface area (Å²) in [5.74, 6) is 5.95. The van der Waals surface area contributed by atoms with E-state index < -0.39 is 0 Å². The van der Waals surface area contributed by atoms with Crippen molar-refractivity contribution in [2.24, 2.45) is 11.8 Å². The lowest BCUT2D eigenvalue weighted by atomic mass is 9.85. The van der Waals surface area contributed by atoms with Crippen molar-refractivity contribution < 1.29 is 13.9 Å². The summed E-state index contributed by atoms with van der Waals surface area (Å²) in [4.78, 5) is 11.5. The highest BCUT2D eigenvalue weighted by Crippen LogP contribution is 2.30. The van der Waals surface area contributed by atoms with Crippen LogP contribution in [0.15, 0.2) is 16.7 Å². The van der Waals surface area contributed by atoms with Gasteiger partial charge in [-0.1, -0.05) is 26.2 Å². The first-order chi connectivity index (χ1) is 9.26. The SMILES string of the molecule is CCC1CCCCC1OCc1occc1C(=O)NN. The number of nitrogen functional groups attached to an aromatic ring is 1. The molecule has 0 bridgehead atoms. The molecule has 0 aromatic carbocycles. The first-order valence-electron chi connectivity index (χ1n) is 6.95. The Bertz CT molecular complexity index is 417. The van der Waals surface area contributed by atoms with Crippen LogP contribution in [0.25, 0.3) is 0 Å². The van der Waals surface area contributed by atoms with E-state index >= 15 is 0 Å². The van der Waals surface area contributed by atoms with Gasteiger partial charge < -0.3 is 9.15 Å². The smallest absolute Gasteiger partial charge is 0.268 e. The van der Waals surface area contributed by atoms with Crippen LogP contribution >= 0.6 is 0 Å². The standard InChI is InChI=1S/C14H22N2O3/c1-2-10-5-3-4-6-12(10)19-9-13-11(7-8-18-13)14(17)16-15/h7-8,10,12H,2-6,9,15H2,1H3,(H,16,17). The van der Waals surface area contributed by atoms with Crippen LogP contribution in [0.4, 0.5) is 0 Å². The maximum atomic E-state index is 11.5. The van der Waals surface area contributed by atoms with Gasteiger partial charge in [0.05, 0.1) is 17.9 Å². The quantitative estimate of drug-likeness (QED) is 0.487. The second kappa shape index (κ2) is 6.73. The van der Waals surface area contributed by atoms with Crippen molar-refractivity contribution in [3.8, 4) is 0 Å². The van der Waals surface area contributed by atoms with Gasteiger partial charge in [0.2, 0.25) is 0 Å². The van der Waals surface area contributed by atoms with Crippen LogP contribution in [0.3, 0.4) is 0 Å². The summed E-state index contributed by atoms with van der Waals surface area (Å²) in [6.07, 6.45) is 7.74. The number of hydrazine groups is 1. The van der Waals surface area contributed by atoms with Gasteiger partial charge in [-0.2, -0.15) is 0 Å². The van der Waals surface area contributed by atoms with Gasteiger partial charge in [0.15, 0.2) is 0 Å². The highest BCUT2D eigenvalue weighted by atomic mass is 16.5. The summed E-state index contributed by atoms with van der Waals surface area (Å²) < 4.78 is 11.3. The van der Waals surface area contributed by atoms with E-state index in [1.165, 1.54) is 25.5 Å². The maximum Gasteiger partial charge on any atom is 0.268 e. The van der Waals surface area contributed by atoms with E-state index in [9.17, 15) is 4.79 Å². The fourth-order valence-electron chi connectivity index (χ4n) is 2.78. The average molecular weight is 266 g/mol. The van der Waals surface area contributed by atoms with Crippen molar-refractivity contribution in [3.63, 3.8) is 0 Å². The van der Waals surface area contributed by atoms with E-state index in [0.29, 0.717) is 23.8 Å². The molecular weight excluding hydrogens is 244 g/mol. The van der Waals surface area contributed by atoms with Gasteiger partial charge >= 0.3 is 0 Å². The Balaban J connectivity index is 1.94. The molecular formula is C14H22N2O3. The van der Waals surface area contributed by atoms with E-state index in [4.69, 9.17) is 15.0 Å². The number of hydrogen-bond acceptors (Lipinski definition) is 4. The van der Waals surface area contributed by atoms with Crippen LogP contribution in [0, 0.1) is 5.92 Å². The first kappa shape index (κ1) is 14.1. The second-order valence-electron chi connectivity index (χ2n) is 5.03. The Kier molecular flexibility index (Phi) is 4.99. The van der Waals surface area contributed by atoms with Crippen LogP contribution in [0.5, 0.6) is 0 Å². The maximum absolute atomic E-state index is 11.5. The van der Waals surface area contributed by atoms with Crippen molar-refractivity contribution in [1.82, 2.24) is 5.43 Å². The molecule has 19 heavy (non-hydrogen) atoms. The minimum Gasteiger partial charge on any atom is -0.466 e. The molecule has 1 aliphatic carbocycles. The van der Waals surface area contributed by atoms with Gasteiger partial charge in [-0.25, -0.2) is 5.84 Å². The minimum atomic E-state index is -0.344. The summed E-state index contributed by atoms with van der Waals surface area (Å²) in [5.41, 5.74) is 2.56. The van der Waals surface area contributed by atoms with Crippen molar-refractivity contribution in [2.45, 2.75) is 51.7 Å². The Labute approximate surface area is 113 Å². The molecule has 3 N–H and O–H groups in total. The largest absolute Gasteiger partial charge is 0.466 e. The molecule has 1 aromatic heterocycles. The number of hydrogen-bond donors (Lipinski definition) is 2. The summed E-state index contributed by atoms with van der Waals surface area (Å²) in [5, 5.41) is 0. The van der Waals surface area contributed by atoms with E-state index in [2.05, 4.69) is 12.3 Å². The lowest BCUT2D eigenvalue weighted by molar-refractivity contribution is -0.0286. The van der Waals surface area contributed by atoms with Gasteiger partial charge in [-0.15, -0.1) is 0 Å². The second-order valence-corrected chi connectivity index (χ2v) is 5.03. The van der Waals surface area contributed by atoms with Crippen LogP contribution in [0.1, 0.15) is 55.1 Å². The Hall–Kier alpha value is -1.33. The van der Waals surface area contributed by atoms with E-state index in [-0.39, 0.29) is 12.0 Å². The lowest BCUT2D eigenvalue weighted by Gasteiger charge is -2.30. The third kappa shape index (κ3) is 3.36. The van der Waals surface area contributed by atoms with E-state index in [1.54, 1.807) is 6.07 Å². The van der Waals surface area contributed by atoms with Gasteiger partial charge in [-0.05, 0) is 24.8 Å². The number of amides is 1. The molecule has 0 aliphatic heterocycles. The van der Waals surface area contributed by atoms with Gasteiger partial charge in [-0.3, -0.25) is 10.2 Å². The zero-order valence-electron chi connectivity index (χ0n) is 11.4. The molecule has 1 amide bonds. The van der Waals surface area contributed by atoms with Crippen molar-refractivity contribution in [1.29, 1.82) is 0 Å². The highest BCUT2D eigenvalue weighted by molar-refractivity contribution is 5.94.